The predicted molar refractivity (Wildman–Crippen MR) is 169 cm³/mol. The molecule has 2 fully saturated rings. The Labute approximate surface area is 256 Å². The molecule has 7 heteroatoms. The van der Waals surface area contributed by atoms with Crippen LogP contribution >= 0.6 is 0 Å². The molecule has 6 rings (SSSR count). The Balaban J connectivity index is 1.19. The summed E-state index contributed by atoms with van der Waals surface area (Å²) >= 11 is 0. The van der Waals surface area contributed by atoms with Gasteiger partial charge >= 0.3 is 0 Å². The molecule has 0 heterocycles. The molecule has 43 heavy (non-hydrogen) atoms. The number of benzene rings is 3. The van der Waals surface area contributed by atoms with Crippen molar-refractivity contribution in [3.8, 4) is 11.5 Å². The van der Waals surface area contributed by atoms with Crippen molar-refractivity contribution in [2.24, 2.45) is 22.4 Å². The van der Waals surface area contributed by atoms with E-state index in [1.807, 2.05) is 30.3 Å². The van der Waals surface area contributed by atoms with Crippen LogP contribution < -0.4 is 14.6 Å². The number of carbonyl (C=O) groups excluding carboxylic acids is 1. The van der Waals surface area contributed by atoms with Gasteiger partial charge in [0.25, 0.3) is 0 Å². The molecular formula is C36H43NO5S. The number of nitrogens with two attached hydrogens (primary N) is 1. The van der Waals surface area contributed by atoms with Crippen LogP contribution in [0.5, 0.6) is 11.5 Å². The molecule has 0 amide bonds. The van der Waals surface area contributed by atoms with Gasteiger partial charge in [0.1, 0.15) is 23.9 Å². The van der Waals surface area contributed by atoms with Gasteiger partial charge in [-0.05, 0) is 115 Å². The molecule has 6 nitrogen and oxygen atoms in total. The average Bonchev–Trinajstić information content (AvgIpc) is 3.31. The van der Waals surface area contributed by atoms with Crippen molar-refractivity contribution < 1.29 is 22.7 Å². The van der Waals surface area contributed by atoms with E-state index in [9.17, 15) is 13.2 Å². The molecule has 3 aliphatic rings. The Morgan fingerprint density at radius 1 is 0.884 bits per heavy atom. The molecule has 0 aliphatic heterocycles. The van der Waals surface area contributed by atoms with Crippen molar-refractivity contribution in [1.82, 2.24) is 0 Å². The first-order valence-electron chi connectivity index (χ1n) is 15.8. The highest BCUT2D eigenvalue weighted by Crippen LogP contribution is 2.64. The molecule has 3 aliphatic carbocycles. The van der Waals surface area contributed by atoms with Crippen LogP contribution in [0, 0.1) is 17.3 Å². The standard InChI is InChI=1S/C36H43NO5S/c1-36-23-32(26-10-13-28(14-11-26)41-20-6-3-7-21-43(37,39)40)35-30-17-15-29(42-24-25-8-4-2-5-9-25)22-27(30)12-16-31(35)33(36)18-19-34(36)38/h2,4-5,8-11,13-15,17,22,31-33,35H,3,6-7,12,16,18-21,23-24H2,1H3,(H2,37,39,40)/t31?,32-,33?,35?,36+/m1/s1. The van der Waals surface area contributed by atoms with E-state index >= 15 is 0 Å². The SMILES string of the molecule is C[C@]12C[C@H](c3ccc(OCCCCCS(N)(=O)=O)cc3)C3c4ccc(OCc5ccccc5)cc4CCC3C1CCC2=O. The first kappa shape index (κ1) is 29.9. The summed E-state index contributed by atoms with van der Waals surface area (Å²) in [6, 6.07) is 25.4. The van der Waals surface area contributed by atoms with Crippen molar-refractivity contribution in [3.63, 3.8) is 0 Å². The Kier molecular flexibility index (Phi) is 8.65. The second-order valence-corrected chi connectivity index (χ2v) is 14.7. The second-order valence-electron chi connectivity index (χ2n) is 13.0. The second kappa shape index (κ2) is 12.4. The molecule has 0 spiro atoms. The maximum Gasteiger partial charge on any atom is 0.209 e. The van der Waals surface area contributed by atoms with Crippen molar-refractivity contribution >= 4 is 15.8 Å². The number of Topliss-reactive ketones (excluding diaryl/α,β-unsaturated/α-hetero) is 1. The van der Waals surface area contributed by atoms with Crippen molar-refractivity contribution in [3.05, 3.63) is 95.1 Å². The summed E-state index contributed by atoms with van der Waals surface area (Å²) in [4.78, 5) is 13.3. The number of hydrogen-bond donors (Lipinski definition) is 1. The fraction of sp³-hybridized carbons (Fsp3) is 0.472. The van der Waals surface area contributed by atoms with Gasteiger partial charge in [-0.2, -0.15) is 0 Å². The van der Waals surface area contributed by atoms with Crippen LogP contribution in [0.4, 0.5) is 0 Å². The molecule has 228 valence electrons. The van der Waals surface area contributed by atoms with Gasteiger partial charge in [-0.3, -0.25) is 4.79 Å². The zero-order valence-corrected chi connectivity index (χ0v) is 25.9. The van der Waals surface area contributed by atoms with E-state index in [4.69, 9.17) is 14.6 Å². The molecule has 0 bridgehead atoms. The first-order chi connectivity index (χ1) is 20.7. The van der Waals surface area contributed by atoms with Gasteiger partial charge in [-0.1, -0.05) is 55.5 Å². The summed E-state index contributed by atoms with van der Waals surface area (Å²) in [5.74, 6) is 3.76. The smallest absolute Gasteiger partial charge is 0.209 e. The van der Waals surface area contributed by atoms with E-state index in [1.165, 1.54) is 16.7 Å². The van der Waals surface area contributed by atoms with Crippen LogP contribution in [0.15, 0.2) is 72.8 Å². The van der Waals surface area contributed by atoms with E-state index in [0.717, 1.165) is 55.6 Å². The summed E-state index contributed by atoms with van der Waals surface area (Å²) in [6.07, 6.45) is 6.82. The van der Waals surface area contributed by atoms with Gasteiger partial charge in [-0.25, -0.2) is 13.6 Å². The third-order valence-corrected chi connectivity index (χ3v) is 11.2. The van der Waals surface area contributed by atoms with Gasteiger partial charge in [-0.15, -0.1) is 0 Å². The monoisotopic (exact) mass is 601 g/mol. The van der Waals surface area contributed by atoms with Gasteiger partial charge < -0.3 is 9.47 Å². The number of fused-ring (bicyclic) bond motifs is 5. The van der Waals surface area contributed by atoms with Crippen molar-refractivity contribution in [2.45, 2.75) is 76.7 Å². The lowest BCUT2D eigenvalue weighted by atomic mass is 9.51. The van der Waals surface area contributed by atoms with Crippen LogP contribution in [-0.2, 0) is 27.8 Å². The number of sulfonamides is 1. The number of aryl methyl sites for hydroxylation is 1. The summed E-state index contributed by atoms with van der Waals surface area (Å²) in [6.45, 7) is 3.33. The number of primary sulfonamides is 1. The molecule has 2 saturated carbocycles. The molecule has 3 aromatic carbocycles. The third-order valence-electron chi connectivity index (χ3n) is 10.3. The Morgan fingerprint density at radius 3 is 2.42 bits per heavy atom. The first-order valence-corrected chi connectivity index (χ1v) is 17.5. The zero-order valence-electron chi connectivity index (χ0n) is 25.0. The van der Waals surface area contributed by atoms with E-state index in [-0.39, 0.29) is 17.1 Å². The van der Waals surface area contributed by atoms with Crippen molar-refractivity contribution in [1.29, 1.82) is 0 Å². The minimum atomic E-state index is -3.40. The molecule has 2 N–H and O–H groups in total. The van der Waals surface area contributed by atoms with E-state index < -0.39 is 10.0 Å². The molecule has 3 unspecified atom stereocenters. The topological polar surface area (TPSA) is 95.7 Å². The van der Waals surface area contributed by atoms with E-state index in [2.05, 4.69) is 49.4 Å². The largest absolute Gasteiger partial charge is 0.494 e. The van der Waals surface area contributed by atoms with Crippen LogP contribution in [0.2, 0.25) is 0 Å². The maximum atomic E-state index is 13.3. The van der Waals surface area contributed by atoms with Crippen molar-refractivity contribution in [2.75, 3.05) is 12.4 Å². The molecule has 3 aromatic rings. The average molecular weight is 602 g/mol. The van der Waals surface area contributed by atoms with Gasteiger partial charge in [0, 0.05) is 11.8 Å². The van der Waals surface area contributed by atoms with Gasteiger partial charge in [0.05, 0.1) is 12.4 Å². The Bertz CT molecular complexity index is 1540. The van der Waals surface area contributed by atoms with Crippen LogP contribution in [0.25, 0.3) is 0 Å². The van der Waals surface area contributed by atoms with Crippen LogP contribution in [0.3, 0.4) is 0 Å². The third kappa shape index (κ3) is 6.53. The highest BCUT2D eigenvalue weighted by molar-refractivity contribution is 7.89. The zero-order chi connectivity index (χ0) is 30.0. The maximum absolute atomic E-state index is 13.3. The Morgan fingerprint density at radius 2 is 1.65 bits per heavy atom. The van der Waals surface area contributed by atoms with Gasteiger partial charge in [0.2, 0.25) is 10.0 Å². The summed E-state index contributed by atoms with van der Waals surface area (Å²) in [7, 11) is -3.40. The van der Waals surface area contributed by atoms with Crippen LogP contribution in [0.1, 0.15) is 86.0 Å². The highest BCUT2D eigenvalue weighted by Gasteiger charge is 2.57. The number of hydrogen-bond acceptors (Lipinski definition) is 5. The van der Waals surface area contributed by atoms with Crippen LogP contribution in [-0.4, -0.2) is 26.6 Å². The molecule has 0 aromatic heterocycles. The van der Waals surface area contributed by atoms with E-state index in [0.29, 0.717) is 49.6 Å². The molecule has 0 radical (unpaired) electrons. The minimum Gasteiger partial charge on any atom is -0.494 e. The number of carbonyl (C=O) groups is 1. The minimum absolute atomic E-state index is 0.0126. The summed E-state index contributed by atoms with van der Waals surface area (Å²) in [5.41, 5.74) is 4.98. The quantitative estimate of drug-likeness (QED) is 0.241. The number of rotatable bonds is 11. The lowest BCUT2D eigenvalue weighted by Crippen LogP contribution is -2.46. The number of ether oxygens (including phenoxy) is 2. The molecular weight excluding hydrogens is 558 g/mol. The lowest BCUT2D eigenvalue weighted by molar-refractivity contribution is -0.130. The number of unbranched alkanes of at least 4 members (excludes halogenated alkanes) is 2. The fourth-order valence-corrected chi connectivity index (χ4v) is 8.80. The highest BCUT2D eigenvalue weighted by atomic mass is 32.2. The summed E-state index contributed by atoms with van der Waals surface area (Å²) < 4.78 is 34.4. The van der Waals surface area contributed by atoms with E-state index in [1.54, 1.807) is 0 Å². The fourth-order valence-electron chi connectivity index (χ4n) is 8.20. The lowest BCUT2D eigenvalue weighted by Gasteiger charge is -2.52. The normalized spacial score (nSPS) is 26.3. The summed E-state index contributed by atoms with van der Waals surface area (Å²) in [5, 5.41) is 5.08. The number of ketones is 1. The molecule has 5 atom stereocenters. The molecule has 0 saturated heterocycles. The predicted octanol–water partition coefficient (Wildman–Crippen LogP) is 6.92. The van der Waals surface area contributed by atoms with Gasteiger partial charge in [0.15, 0.2) is 0 Å². The Hall–Kier alpha value is -3.16.